The van der Waals surface area contributed by atoms with Crippen LogP contribution in [0.25, 0.3) is 10.9 Å². The van der Waals surface area contributed by atoms with E-state index in [0.29, 0.717) is 18.8 Å². The lowest BCUT2D eigenvalue weighted by Crippen LogP contribution is -2.39. The van der Waals surface area contributed by atoms with E-state index in [4.69, 9.17) is 0 Å². The van der Waals surface area contributed by atoms with Crippen molar-refractivity contribution in [2.75, 3.05) is 13.1 Å². The molecular formula is C18H22N4O2. The van der Waals surface area contributed by atoms with Gasteiger partial charge in [-0.25, -0.2) is 0 Å². The third-order valence-corrected chi connectivity index (χ3v) is 5.28. The second kappa shape index (κ2) is 6.02. The van der Waals surface area contributed by atoms with E-state index in [1.165, 1.54) is 5.56 Å². The molecule has 3 heterocycles. The van der Waals surface area contributed by atoms with Crippen LogP contribution in [0.15, 0.2) is 18.2 Å². The first-order valence-electron chi connectivity index (χ1n) is 8.64. The SMILES string of the molecule is Cn1nc(C2CCC(=O)NC2=O)c2ccc(C3CCNCC3)cc21. The molecule has 4 rings (SSSR count). The van der Waals surface area contributed by atoms with Crippen LogP contribution in [0.2, 0.25) is 0 Å². The number of carbonyl (C=O) groups is 2. The van der Waals surface area contributed by atoms with Gasteiger partial charge in [-0.1, -0.05) is 12.1 Å². The minimum atomic E-state index is -0.337. The summed E-state index contributed by atoms with van der Waals surface area (Å²) in [6, 6.07) is 6.49. The number of nitrogens with zero attached hydrogens (tertiary/aromatic N) is 2. The fourth-order valence-electron chi connectivity index (χ4n) is 3.92. The van der Waals surface area contributed by atoms with Gasteiger partial charge in [0.2, 0.25) is 11.8 Å². The zero-order chi connectivity index (χ0) is 16.7. The Kier molecular flexibility index (Phi) is 3.84. The lowest BCUT2D eigenvalue weighted by atomic mass is 9.88. The molecule has 1 atom stereocenters. The van der Waals surface area contributed by atoms with Gasteiger partial charge in [-0.05, 0) is 49.9 Å². The summed E-state index contributed by atoms with van der Waals surface area (Å²) in [6.07, 6.45) is 3.22. The zero-order valence-electron chi connectivity index (χ0n) is 13.8. The number of nitrogens with one attached hydrogen (secondary N) is 2. The highest BCUT2D eigenvalue weighted by molar-refractivity contribution is 6.02. The van der Waals surface area contributed by atoms with Gasteiger partial charge in [0.1, 0.15) is 0 Å². The second-order valence-electron chi connectivity index (χ2n) is 6.81. The molecule has 2 aliphatic rings. The minimum Gasteiger partial charge on any atom is -0.317 e. The van der Waals surface area contributed by atoms with Crippen LogP contribution in [0.5, 0.6) is 0 Å². The first-order valence-corrected chi connectivity index (χ1v) is 8.64. The number of imide groups is 1. The minimum absolute atomic E-state index is 0.190. The van der Waals surface area contributed by atoms with Crippen LogP contribution in [-0.2, 0) is 16.6 Å². The van der Waals surface area contributed by atoms with Gasteiger partial charge in [0, 0.05) is 18.9 Å². The molecule has 0 bridgehead atoms. The maximum absolute atomic E-state index is 12.2. The quantitative estimate of drug-likeness (QED) is 0.821. The number of fused-ring (bicyclic) bond motifs is 1. The highest BCUT2D eigenvalue weighted by Gasteiger charge is 2.31. The van der Waals surface area contributed by atoms with Crippen molar-refractivity contribution < 1.29 is 9.59 Å². The van der Waals surface area contributed by atoms with E-state index < -0.39 is 0 Å². The number of carbonyl (C=O) groups excluding carboxylic acids is 2. The van der Waals surface area contributed by atoms with Crippen molar-refractivity contribution in [2.24, 2.45) is 7.05 Å². The molecule has 2 saturated heterocycles. The van der Waals surface area contributed by atoms with E-state index in [0.717, 1.165) is 42.5 Å². The molecule has 24 heavy (non-hydrogen) atoms. The van der Waals surface area contributed by atoms with E-state index in [-0.39, 0.29) is 17.7 Å². The van der Waals surface area contributed by atoms with Gasteiger partial charge in [0.05, 0.1) is 17.1 Å². The number of rotatable bonds is 2. The Hall–Kier alpha value is -2.21. The summed E-state index contributed by atoms with van der Waals surface area (Å²) in [5, 5.41) is 11.5. The van der Waals surface area contributed by atoms with Crippen LogP contribution in [0.1, 0.15) is 48.8 Å². The van der Waals surface area contributed by atoms with Crippen molar-refractivity contribution in [3.05, 3.63) is 29.5 Å². The second-order valence-corrected chi connectivity index (χ2v) is 6.81. The van der Waals surface area contributed by atoms with Crippen molar-refractivity contribution in [1.29, 1.82) is 0 Å². The molecule has 6 nitrogen and oxygen atoms in total. The van der Waals surface area contributed by atoms with E-state index in [1.807, 2.05) is 11.7 Å². The Labute approximate surface area is 140 Å². The molecule has 2 aromatic rings. The highest BCUT2D eigenvalue weighted by atomic mass is 16.2. The lowest BCUT2D eigenvalue weighted by Gasteiger charge is -2.23. The average molecular weight is 326 g/mol. The summed E-state index contributed by atoms with van der Waals surface area (Å²) in [5.74, 6) is -0.168. The van der Waals surface area contributed by atoms with Crippen molar-refractivity contribution in [3.8, 4) is 0 Å². The maximum atomic E-state index is 12.2. The van der Waals surface area contributed by atoms with Crippen LogP contribution in [-0.4, -0.2) is 34.7 Å². The topological polar surface area (TPSA) is 76.0 Å². The molecule has 0 aliphatic carbocycles. The highest BCUT2D eigenvalue weighted by Crippen LogP contribution is 2.33. The van der Waals surface area contributed by atoms with Crippen LogP contribution >= 0.6 is 0 Å². The molecule has 2 amide bonds. The fourth-order valence-corrected chi connectivity index (χ4v) is 3.92. The van der Waals surface area contributed by atoms with E-state index >= 15 is 0 Å². The smallest absolute Gasteiger partial charge is 0.235 e. The van der Waals surface area contributed by atoms with Crippen LogP contribution in [0.3, 0.4) is 0 Å². The molecular weight excluding hydrogens is 304 g/mol. The summed E-state index contributed by atoms with van der Waals surface area (Å²) in [5.41, 5.74) is 3.20. The number of aryl methyl sites for hydroxylation is 1. The molecule has 0 saturated carbocycles. The van der Waals surface area contributed by atoms with Gasteiger partial charge in [0.25, 0.3) is 0 Å². The van der Waals surface area contributed by atoms with E-state index in [9.17, 15) is 9.59 Å². The summed E-state index contributed by atoms with van der Waals surface area (Å²) in [4.78, 5) is 23.6. The zero-order valence-corrected chi connectivity index (χ0v) is 13.8. The third kappa shape index (κ3) is 2.60. The maximum Gasteiger partial charge on any atom is 0.235 e. The number of amides is 2. The molecule has 2 aliphatic heterocycles. The fraction of sp³-hybridized carbons (Fsp3) is 0.500. The molecule has 2 fully saturated rings. The number of hydrogen-bond donors (Lipinski definition) is 2. The number of aromatic nitrogens is 2. The lowest BCUT2D eigenvalue weighted by molar-refractivity contribution is -0.134. The van der Waals surface area contributed by atoms with Gasteiger partial charge >= 0.3 is 0 Å². The molecule has 1 aromatic heterocycles. The van der Waals surface area contributed by atoms with Crippen molar-refractivity contribution in [1.82, 2.24) is 20.4 Å². The standard InChI is InChI=1S/C18H22N4O2/c1-22-15-10-12(11-6-8-19-9-7-11)2-3-13(15)17(21-22)14-4-5-16(23)20-18(14)24/h2-3,10-11,14,19H,4-9H2,1H3,(H,20,23,24). The predicted molar refractivity (Wildman–Crippen MR) is 90.7 cm³/mol. The Morgan fingerprint density at radius 2 is 1.96 bits per heavy atom. The van der Waals surface area contributed by atoms with Crippen LogP contribution in [0, 0.1) is 0 Å². The average Bonchev–Trinajstić information content (AvgIpc) is 2.92. The van der Waals surface area contributed by atoms with Crippen LogP contribution < -0.4 is 10.6 Å². The summed E-state index contributed by atoms with van der Waals surface area (Å²) in [7, 11) is 1.92. The predicted octanol–water partition coefficient (Wildman–Crippen LogP) is 1.56. The molecule has 1 aromatic carbocycles. The number of hydrogen-bond acceptors (Lipinski definition) is 4. The molecule has 0 spiro atoms. The molecule has 2 N–H and O–H groups in total. The summed E-state index contributed by atoms with van der Waals surface area (Å²) >= 11 is 0. The normalized spacial score (nSPS) is 22.8. The van der Waals surface area contributed by atoms with Gasteiger partial charge in [-0.3, -0.25) is 19.6 Å². The first kappa shape index (κ1) is 15.3. The Bertz CT molecular complexity index is 805. The van der Waals surface area contributed by atoms with Crippen LogP contribution in [0.4, 0.5) is 0 Å². The first-order chi connectivity index (χ1) is 11.6. The molecule has 0 radical (unpaired) electrons. The van der Waals surface area contributed by atoms with E-state index in [1.54, 1.807) is 0 Å². The van der Waals surface area contributed by atoms with Crippen molar-refractivity contribution >= 4 is 22.7 Å². The molecule has 126 valence electrons. The van der Waals surface area contributed by atoms with Gasteiger partial charge in [0.15, 0.2) is 0 Å². The Morgan fingerprint density at radius 1 is 1.17 bits per heavy atom. The van der Waals surface area contributed by atoms with E-state index in [2.05, 4.69) is 33.9 Å². The largest absolute Gasteiger partial charge is 0.317 e. The summed E-state index contributed by atoms with van der Waals surface area (Å²) < 4.78 is 1.86. The number of benzene rings is 1. The Balaban J connectivity index is 1.71. The number of piperidine rings is 2. The molecule has 6 heteroatoms. The van der Waals surface area contributed by atoms with Gasteiger partial charge < -0.3 is 5.32 Å². The van der Waals surface area contributed by atoms with Crippen molar-refractivity contribution in [3.63, 3.8) is 0 Å². The van der Waals surface area contributed by atoms with Gasteiger partial charge in [-0.2, -0.15) is 5.10 Å². The third-order valence-electron chi connectivity index (χ3n) is 5.28. The summed E-state index contributed by atoms with van der Waals surface area (Å²) in [6.45, 7) is 2.13. The van der Waals surface area contributed by atoms with Crippen molar-refractivity contribution in [2.45, 2.75) is 37.5 Å². The van der Waals surface area contributed by atoms with Gasteiger partial charge in [-0.15, -0.1) is 0 Å². The monoisotopic (exact) mass is 326 g/mol. The molecule has 1 unspecified atom stereocenters. The Morgan fingerprint density at radius 3 is 2.71 bits per heavy atom.